The molecule has 0 radical (unpaired) electrons. The molecule has 1 saturated carbocycles. The topological polar surface area (TPSA) is 38.1 Å². The fourth-order valence-electron chi connectivity index (χ4n) is 3.06. The fourth-order valence-corrected chi connectivity index (χ4v) is 3.06. The molecule has 0 atom stereocenters. The summed E-state index contributed by atoms with van der Waals surface area (Å²) in [7, 11) is 2.01. The number of rotatable bonds is 3. The highest BCUT2D eigenvalue weighted by atomic mass is 19.1. The molecule has 2 aromatic rings. The van der Waals surface area contributed by atoms with E-state index in [1.165, 1.54) is 31.4 Å². The van der Waals surface area contributed by atoms with E-state index in [0.29, 0.717) is 17.0 Å². The van der Waals surface area contributed by atoms with Gasteiger partial charge in [-0.3, -0.25) is 0 Å². The second-order valence-corrected chi connectivity index (χ2v) is 5.49. The van der Waals surface area contributed by atoms with Gasteiger partial charge in [0.25, 0.3) is 0 Å². The fraction of sp³-hybridized carbons (Fsp3) is 0.533. The number of hydrogen-bond donors (Lipinski definition) is 1. The summed E-state index contributed by atoms with van der Waals surface area (Å²) < 4.78 is 18.9. The van der Waals surface area contributed by atoms with E-state index in [-0.39, 0.29) is 11.4 Å². The zero-order chi connectivity index (χ0) is 13.3. The van der Waals surface area contributed by atoms with Crippen LogP contribution in [0.4, 0.5) is 4.39 Å². The van der Waals surface area contributed by atoms with E-state index in [0.717, 1.165) is 19.3 Å². The predicted octanol–water partition coefficient (Wildman–Crippen LogP) is 3.43. The van der Waals surface area contributed by atoms with Crippen LogP contribution >= 0.6 is 0 Å². The van der Waals surface area contributed by atoms with Crippen molar-refractivity contribution in [3.8, 4) is 0 Å². The Hall–Kier alpha value is -1.42. The largest absolute Gasteiger partial charge is 0.441 e. The minimum atomic E-state index is -0.270. The Morgan fingerprint density at radius 3 is 2.84 bits per heavy atom. The van der Waals surface area contributed by atoms with Crippen molar-refractivity contribution in [1.82, 2.24) is 10.3 Å². The molecule has 0 aliphatic heterocycles. The first-order valence-corrected chi connectivity index (χ1v) is 6.95. The summed E-state index contributed by atoms with van der Waals surface area (Å²) in [5.41, 5.74) is 1.37. The number of oxazole rings is 1. The summed E-state index contributed by atoms with van der Waals surface area (Å²) in [5, 5.41) is 3.45. The average molecular weight is 262 g/mol. The monoisotopic (exact) mass is 262 g/mol. The number of likely N-dealkylation sites (N-methyl/N-ethyl adjacent to an activating group) is 1. The molecular formula is C15H19FN2O. The lowest BCUT2D eigenvalue weighted by Crippen LogP contribution is -2.46. The Morgan fingerprint density at radius 1 is 1.32 bits per heavy atom. The van der Waals surface area contributed by atoms with Crippen molar-refractivity contribution >= 4 is 11.1 Å². The third-order valence-electron chi connectivity index (χ3n) is 4.22. The van der Waals surface area contributed by atoms with Crippen LogP contribution in [0.15, 0.2) is 22.6 Å². The molecule has 0 saturated heterocycles. The lowest BCUT2D eigenvalue weighted by molar-refractivity contribution is 0.230. The average Bonchev–Trinajstić information content (AvgIpc) is 2.81. The van der Waals surface area contributed by atoms with Gasteiger partial charge in [-0.1, -0.05) is 19.3 Å². The number of nitrogens with one attached hydrogen (secondary N) is 1. The van der Waals surface area contributed by atoms with Crippen LogP contribution < -0.4 is 5.32 Å². The minimum absolute atomic E-state index is 0.0949. The summed E-state index contributed by atoms with van der Waals surface area (Å²) in [5.74, 6) is 0.435. The molecule has 19 heavy (non-hydrogen) atoms. The van der Waals surface area contributed by atoms with E-state index in [4.69, 9.17) is 4.42 Å². The van der Waals surface area contributed by atoms with Crippen LogP contribution in [0.3, 0.4) is 0 Å². The van der Waals surface area contributed by atoms with Crippen molar-refractivity contribution in [3.05, 3.63) is 29.9 Å². The molecule has 1 N–H and O–H groups in total. The number of nitrogens with zero attached hydrogens (tertiary/aromatic N) is 1. The molecule has 4 heteroatoms. The Morgan fingerprint density at radius 2 is 2.11 bits per heavy atom. The molecule has 1 aliphatic rings. The van der Waals surface area contributed by atoms with Crippen molar-refractivity contribution in [2.75, 3.05) is 7.05 Å². The highest BCUT2D eigenvalue weighted by Gasteiger charge is 2.32. The van der Waals surface area contributed by atoms with E-state index in [1.54, 1.807) is 6.07 Å². The van der Waals surface area contributed by atoms with Gasteiger partial charge in [-0.05, 0) is 32.0 Å². The van der Waals surface area contributed by atoms with E-state index in [9.17, 15) is 4.39 Å². The van der Waals surface area contributed by atoms with Crippen molar-refractivity contribution in [3.63, 3.8) is 0 Å². The molecule has 1 heterocycles. The van der Waals surface area contributed by atoms with Gasteiger partial charge in [-0.15, -0.1) is 0 Å². The van der Waals surface area contributed by atoms with Gasteiger partial charge >= 0.3 is 0 Å². The van der Waals surface area contributed by atoms with Gasteiger partial charge in [0.15, 0.2) is 11.5 Å². The molecule has 1 aromatic carbocycles. The number of hydrogen-bond acceptors (Lipinski definition) is 3. The quantitative estimate of drug-likeness (QED) is 0.921. The first kappa shape index (κ1) is 12.6. The zero-order valence-corrected chi connectivity index (χ0v) is 11.2. The number of benzene rings is 1. The van der Waals surface area contributed by atoms with E-state index < -0.39 is 0 Å². The molecule has 3 rings (SSSR count). The number of halogens is 1. The maximum Gasteiger partial charge on any atom is 0.197 e. The van der Waals surface area contributed by atoms with Crippen molar-refractivity contribution < 1.29 is 8.81 Å². The van der Waals surface area contributed by atoms with E-state index in [2.05, 4.69) is 10.3 Å². The summed E-state index contributed by atoms with van der Waals surface area (Å²) in [6.45, 7) is 0. The SMILES string of the molecule is CNC1(Cc2nc3cc(F)ccc3o2)CCCCC1. The third kappa shape index (κ3) is 2.50. The van der Waals surface area contributed by atoms with Crippen molar-refractivity contribution in [2.45, 2.75) is 44.1 Å². The summed E-state index contributed by atoms with van der Waals surface area (Å²) in [6.07, 6.45) is 6.88. The van der Waals surface area contributed by atoms with Gasteiger partial charge in [0.2, 0.25) is 0 Å². The van der Waals surface area contributed by atoms with E-state index >= 15 is 0 Å². The third-order valence-corrected chi connectivity index (χ3v) is 4.22. The zero-order valence-electron chi connectivity index (χ0n) is 11.2. The van der Waals surface area contributed by atoms with Crippen LogP contribution in [0.2, 0.25) is 0 Å². The van der Waals surface area contributed by atoms with Gasteiger partial charge in [0.1, 0.15) is 11.3 Å². The molecule has 1 aliphatic carbocycles. The number of aromatic nitrogens is 1. The predicted molar refractivity (Wildman–Crippen MR) is 72.5 cm³/mol. The van der Waals surface area contributed by atoms with Crippen LogP contribution in [0, 0.1) is 5.82 Å². The molecule has 0 spiro atoms. The second kappa shape index (κ2) is 4.93. The Labute approximate surface area is 112 Å². The van der Waals surface area contributed by atoms with Gasteiger partial charge < -0.3 is 9.73 Å². The highest BCUT2D eigenvalue weighted by molar-refractivity contribution is 5.72. The van der Waals surface area contributed by atoms with Gasteiger partial charge in [0.05, 0.1) is 0 Å². The summed E-state index contributed by atoms with van der Waals surface area (Å²) in [6, 6.07) is 4.48. The second-order valence-electron chi connectivity index (χ2n) is 5.49. The molecule has 0 unspecified atom stereocenters. The smallest absolute Gasteiger partial charge is 0.197 e. The first-order valence-electron chi connectivity index (χ1n) is 6.95. The molecule has 1 fully saturated rings. The normalized spacial score (nSPS) is 18.8. The summed E-state index contributed by atoms with van der Waals surface area (Å²) in [4.78, 5) is 4.41. The van der Waals surface area contributed by atoms with Crippen molar-refractivity contribution in [2.24, 2.45) is 0 Å². The Bertz CT molecular complexity index is 573. The maximum absolute atomic E-state index is 13.2. The molecule has 1 aromatic heterocycles. The Kier molecular flexibility index (Phi) is 3.27. The number of fused-ring (bicyclic) bond motifs is 1. The van der Waals surface area contributed by atoms with Gasteiger partial charge in [-0.2, -0.15) is 0 Å². The standard InChI is InChI=1S/C15H19FN2O/c1-17-15(7-3-2-4-8-15)10-14-18-12-9-11(16)5-6-13(12)19-14/h5-6,9,17H,2-4,7-8,10H2,1H3. The van der Waals surface area contributed by atoms with E-state index in [1.807, 2.05) is 7.05 Å². The lowest BCUT2D eigenvalue weighted by Gasteiger charge is -2.36. The van der Waals surface area contributed by atoms with Crippen LogP contribution in [-0.2, 0) is 6.42 Å². The van der Waals surface area contributed by atoms with Gasteiger partial charge in [-0.25, -0.2) is 9.37 Å². The van der Waals surface area contributed by atoms with Crippen LogP contribution in [-0.4, -0.2) is 17.6 Å². The van der Waals surface area contributed by atoms with Crippen LogP contribution in [0.25, 0.3) is 11.1 Å². The molecule has 0 bridgehead atoms. The molecule has 0 amide bonds. The van der Waals surface area contributed by atoms with Gasteiger partial charge in [0, 0.05) is 18.0 Å². The minimum Gasteiger partial charge on any atom is -0.441 e. The van der Waals surface area contributed by atoms with Crippen LogP contribution in [0.5, 0.6) is 0 Å². The molecular weight excluding hydrogens is 243 g/mol. The lowest BCUT2D eigenvalue weighted by atomic mass is 9.79. The highest BCUT2D eigenvalue weighted by Crippen LogP contribution is 2.31. The maximum atomic E-state index is 13.2. The molecule has 3 nitrogen and oxygen atoms in total. The Balaban J connectivity index is 1.87. The first-order chi connectivity index (χ1) is 9.21. The molecule has 102 valence electrons. The van der Waals surface area contributed by atoms with Crippen molar-refractivity contribution in [1.29, 1.82) is 0 Å². The summed E-state index contributed by atoms with van der Waals surface area (Å²) >= 11 is 0. The van der Waals surface area contributed by atoms with Crippen LogP contribution in [0.1, 0.15) is 38.0 Å².